The minimum absolute atomic E-state index is 0.343. The van der Waals surface area contributed by atoms with E-state index in [1.165, 1.54) is 0 Å². The Hall–Kier alpha value is -2.56. The van der Waals surface area contributed by atoms with Crippen LogP contribution in [0.2, 0.25) is 0 Å². The second kappa shape index (κ2) is 5.39. The number of para-hydroxylation sites is 1. The van der Waals surface area contributed by atoms with Gasteiger partial charge in [0.25, 0.3) is 5.91 Å². The SMILES string of the molecule is CN(Cc1cccnc1)c1cccc(C(N)=O)c1N. The Morgan fingerprint density at radius 2 is 2.11 bits per heavy atom. The monoisotopic (exact) mass is 256 g/mol. The number of primary amides is 1. The molecule has 98 valence electrons. The quantitative estimate of drug-likeness (QED) is 0.810. The summed E-state index contributed by atoms with van der Waals surface area (Å²) >= 11 is 0. The second-order valence-corrected chi connectivity index (χ2v) is 4.32. The number of benzene rings is 1. The van der Waals surface area contributed by atoms with Crippen molar-refractivity contribution in [2.45, 2.75) is 6.54 Å². The Balaban J connectivity index is 2.27. The molecule has 1 aromatic carbocycles. The van der Waals surface area contributed by atoms with E-state index in [9.17, 15) is 4.79 Å². The number of hydrogen-bond acceptors (Lipinski definition) is 4. The lowest BCUT2D eigenvalue weighted by Gasteiger charge is -2.22. The van der Waals surface area contributed by atoms with E-state index < -0.39 is 5.91 Å². The molecule has 0 aliphatic heterocycles. The number of nitrogen functional groups attached to an aromatic ring is 1. The number of carbonyl (C=O) groups excluding carboxylic acids is 1. The Labute approximate surface area is 111 Å². The van der Waals surface area contributed by atoms with Crippen LogP contribution in [0.3, 0.4) is 0 Å². The first kappa shape index (κ1) is 12.9. The molecule has 0 aliphatic carbocycles. The second-order valence-electron chi connectivity index (χ2n) is 4.32. The molecular formula is C14H16N4O. The van der Waals surface area contributed by atoms with Gasteiger partial charge in [0.1, 0.15) is 0 Å². The van der Waals surface area contributed by atoms with E-state index >= 15 is 0 Å². The van der Waals surface area contributed by atoms with E-state index in [1.807, 2.05) is 30.1 Å². The molecule has 1 amide bonds. The summed E-state index contributed by atoms with van der Waals surface area (Å²) in [5.41, 5.74) is 13.9. The van der Waals surface area contributed by atoms with Gasteiger partial charge in [-0.25, -0.2) is 0 Å². The topological polar surface area (TPSA) is 85.2 Å². The van der Waals surface area contributed by atoms with Crippen molar-refractivity contribution in [3.63, 3.8) is 0 Å². The average molecular weight is 256 g/mol. The number of rotatable bonds is 4. The fourth-order valence-electron chi connectivity index (χ4n) is 1.95. The number of carbonyl (C=O) groups is 1. The number of amides is 1. The highest BCUT2D eigenvalue weighted by atomic mass is 16.1. The molecule has 5 nitrogen and oxygen atoms in total. The van der Waals surface area contributed by atoms with E-state index in [0.29, 0.717) is 17.8 Å². The van der Waals surface area contributed by atoms with Crippen LogP contribution in [0.25, 0.3) is 0 Å². The van der Waals surface area contributed by atoms with Crippen LogP contribution in [0.1, 0.15) is 15.9 Å². The number of nitrogens with two attached hydrogens (primary N) is 2. The molecule has 0 spiro atoms. The van der Waals surface area contributed by atoms with Crippen LogP contribution in [0, 0.1) is 0 Å². The van der Waals surface area contributed by atoms with Gasteiger partial charge < -0.3 is 16.4 Å². The molecule has 19 heavy (non-hydrogen) atoms. The van der Waals surface area contributed by atoms with E-state index in [4.69, 9.17) is 11.5 Å². The molecule has 4 N–H and O–H groups in total. The molecule has 1 aromatic heterocycles. The van der Waals surface area contributed by atoms with Crippen LogP contribution in [-0.4, -0.2) is 17.9 Å². The largest absolute Gasteiger partial charge is 0.396 e. The van der Waals surface area contributed by atoms with Crippen molar-refractivity contribution in [3.05, 3.63) is 53.9 Å². The Bertz CT molecular complexity index is 583. The van der Waals surface area contributed by atoms with Gasteiger partial charge in [-0.3, -0.25) is 9.78 Å². The summed E-state index contributed by atoms with van der Waals surface area (Å²) in [7, 11) is 1.91. The average Bonchev–Trinajstić information content (AvgIpc) is 2.39. The minimum Gasteiger partial charge on any atom is -0.396 e. The van der Waals surface area contributed by atoms with Gasteiger partial charge >= 0.3 is 0 Å². The van der Waals surface area contributed by atoms with Crippen molar-refractivity contribution in [1.29, 1.82) is 0 Å². The summed E-state index contributed by atoms with van der Waals surface area (Å²) in [4.78, 5) is 17.3. The molecule has 0 radical (unpaired) electrons. The van der Waals surface area contributed by atoms with E-state index in [-0.39, 0.29) is 0 Å². The van der Waals surface area contributed by atoms with Crippen LogP contribution >= 0.6 is 0 Å². The third-order valence-corrected chi connectivity index (χ3v) is 2.90. The van der Waals surface area contributed by atoms with Crippen LogP contribution in [0.5, 0.6) is 0 Å². The lowest BCUT2D eigenvalue weighted by atomic mass is 10.1. The third kappa shape index (κ3) is 2.82. The van der Waals surface area contributed by atoms with Crippen molar-refractivity contribution in [2.24, 2.45) is 5.73 Å². The maximum absolute atomic E-state index is 11.3. The molecule has 0 saturated heterocycles. The fraction of sp³-hybridized carbons (Fsp3) is 0.143. The molecule has 0 aliphatic rings. The highest BCUT2D eigenvalue weighted by Gasteiger charge is 2.12. The minimum atomic E-state index is -0.519. The van der Waals surface area contributed by atoms with E-state index in [0.717, 1.165) is 11.3 Å². The Morgan fingerprint density at radius 3 is 2.74 bits per heavy atom. The number of hydrogen-bond donors (Lipinski definition) is 2. The molecule has 0 atom stereocenters. The molecule has 0 unspecified atom stereocenters. The number of aromatic nitrogens is 1. The molecular weight excluding hydrogens is 240 g/mol. The van der Waals surface area contributed by atoms with E-state index in [1.54, 1.807) is 24.5 Å². The standard InChI is InChI=1S/C14H16N4O/c1-18(9-10-4-3-7-17-8-10)12-6-2-5-11(13(12)15)14(16)19/h2-8H,9,15H2,1H3,(H2,16,19). The zero-order valence-electron chi connectivity index (χ0n) is 10.7. The number of pyridine rings is 1. The van der Waals surface area contributed by atoms with Crippen molar-refractivity contribution in [3.8, 4) is 0 Å². The molecule has 0 saturated carbocycles. The summed E-state index contributed by atoms with van der Waals surface area (Å²) in [5.74, 6) is -0.519. The normalized spacial score (nSPS) is 10.2. The van der Waals surface area contributed by atoms with Gasteiger partial charge in [0.05, 0.1) is 16.9 Å². The van der Waals surface area contributed by atoms with Crippen molar-refractivity contribution in [1.82, 2.24) is 4.98 Å². The van der Waals surface area contributed by atoms with Crippen molar-refractivity contribution >= 4 is 17.3 Å². The van der Waals surface area contributed by atoms with Crippen LogP contribution in [-0.2, 0) is 6.54 Å². The van der Waals surface area contributed by atoms with Gasteiger partial charge in [0, 0.05) is 26.0 Å². The lowest BCUT2D eigenvalue weighted by Crippen LogP contribution is -2.20. The van der Waals surface area contributed by atoms with Gasteiger partial charge in [-0.1, -0.05) is 12.1 Å². The van der Waals surface area contributed by atoms with Gasteiger partial charge in [0.15, 0.2) is 0 Å². The number of nitrogens with zero attached hydrogens (tertiary/aromatic N) is 2. The van der Waals surface area contributed by atoms with Crippen molar-refractivity contribution in [2.75, 3.05) is 17.7 Å². The summed E-state index contributed by atoms with van der Waals surface area (Å²) in [6, 6.07) is 9.12. The lowest BCUT2D eigenvalue weighted by molar-refractivity contribution is 0.100. The summed E-state index contributed by atoms with van der Waals surface area (Å²) < 4.78 is 0. The molecule has 2 aromatic rings. The van der Waals surface area contributed by atoms with Gasteiger partial charge in [-0.05, 0) is 23.8 Å². The predicted octanol–water partition coefficient (Wildman–Crippen LogP) is 1.40. The first-order valence-electron chi connectivity index (χ1n) is 5.88. The van der Waals surface area contributed by atoms with Gasteiger partial charge in [-0.2, -0.15) is 0 Å². The predicted molar refractivity (Wildman–Crippen MR) is 75.7 cm³/mol. The summed E-state index contributed by atoms with van der Waals surface area (Å²) in [6.45, 7) is 0.653. The smallest absolute Gasteiger partial charge is 0.250 e. The third-order valence-electron chi connectivity index (χ3n) is 2.90. The first-order valence-corrected chi connectivity index (χ1v) is 5.88. The first-order chi connectivity index (χ1) is 9.09. The number of anilines is 2. The molecule has 0 bridgehead atoms. The Morgan fingerprint density at radius 1 is 1.32 bits per heavy atom. The van der Waals surface area contributed by atoms with Crippen LogP contribution in [0.15, 0.2) is 42.7 Å². The van der Waals surface area contributed by atoms with Gasteiger partial charge in [-0.15, -0.1) is 0 Å². The zero-order chi connectivity index (χ0) is 13.8. The fourth-order valence-corrected chi connectivity index (χ4v) is 1.95. The highest BCUT2D eigenvalue weighted by molar-refractivity contribution is 6.00. The van der Waals surface area contributed by atoms with E-state index in [2.05, 4.69) is 4.98 Å². The molecule has 1 heterocycles. The summed E-state index contributed by atoms with van der Waals surface area (Å²) in [5, 5.41) is 0. The maximum atomic E-state index is 11.3. The zero-order valence-corrected chi connectivity index (χ0v) is 10.7. The van der Waals surface area contributed by atoms with Crippen molar-refractivity contribution < 1.29 is 4.79 Å². The van der Waals surface area contributed by atoms with Crippen LogP contribution < -0.4 is 16.4 Å². The van der Waals surface area contributed by atoms with Crippen LogP contribution in [0.4, 0.5) is 11.4 Å². The molecule has 2 rings (SSSR count). The Kier molecular flexibility index (Phi) is 3.66. The molecule has 0 fully saturated rings. The van der Waals surface area contributed by atoms with Gasteiger partial charge in [0.2, 0.25) is 0 Å². The molecule has 5 heteroatoms. The highest BCUT2D eigenvalue weighted by Crippen LogP contribution is 2.26. The summed E-state index contributed by atoms with van der Waals surface area (Å²) in [6.07, 6.45) is 3.52. The maximum Gasteiger partial charge on any atom is 0.250 e.